The number of hydrogen-bond acceptors (Lipinski definition) is 4. The first-order valence-electron chi connectivity index (χ1n) is 6.55. The Hall–Kier alpha value is -1.85. The molecule has 1 aliphatic rings. The molecular formula is C14H18N4O. The van der Waals surface area contributed by atoms with Gasteiger partial charge in [0.1, 0.15) is 11.6 Å². The molecule has 2 atom stereocenters. The van der Waals surface area contributed by atoms with Gasteiger partial charge in [0.25, 0.3) is 0 Å². The van der Waals surface area contributed by atoms with E-state index < -0.39 is 0 Å². The summed E-state index contributed by atoms with van der Waals surface area (Å²) in [5.41, 5.74) is 4.11. The summed E-state index contributed by atoms with van der Waals surface area (Å²) < 4.78 is 5.68. The van der Waals surface area contributed by atoms with E-state index >= 15 is 0 Å². The van der Waals surface area contributed by atoms with Crippen LogP contribution in [0.3, 0.4) is 0 Å². The van der Waals surface area contributed by atoms with Crippen LogP contribution in [0.2, 0.25) is 0 Å². The zero-order valence-corrected chi connectivity index (χ0v) is 10.7. The molecule has 0 radical (unpaired) electrons. The normalized spacial score (nSPS) is 19.5. The second-order valence-corrected chi connectivity index (χ2v) is 4.80. The van der Waals surface area contributed by atoms with E-state index in [2.05, 4.69) is 27.5 Å². The second-order valence-electron chi connectivity index (χ2n) is 4.80. The minimum atomic E-state index is 0.0335. The van der Waals surface area contributed by atoms with Gasteiger partial charge in [0.05, 0.1) is 12.6 Å². The molecule has 0 aliphatic carbocycles. The highest BCUT2D eigenvalue weighted by Gasteiger charge is 2.25. The van der Waals surface area contributed by atoms with Crippen molar-refractivity contribution in [2.24, 2.45) is 5.84 Å². The van der Waals surface area contributed by atoms with Gasteiger partial charge in [-0.05, 0) is 30.4 Å². The Labute approximate surface area is 112 Å². The van der Waals surface area contributed by atoms with Crippen LogP contribution in [-0.4, -0.2) is 16.6 Å². The number of benzene rings is 1. The Morgan fingerprint density at radius 1 is 1.47 bits per heavy atom. The first kappa shape index (κ1) is 12.2. The molecule has 4 N–H and O–H groups in total. The summed E-state index contributed by atoms with van der Waals surface area (Å²) in [6.45, 7) is 0.761. The van der Waals surface area contributed by atoms with Crippen LogP contribution in [0.5, 0.6) is 5.75 Å². The highest BCUT2D eigenvalue weighted by molar-refractivity contribution is 5.37. The number of H-pyrrole nitrogens is 1. The predicted octanol–water partition coefficient (Wildman–Crippen LogP) is 1.87. The molecule has 100 valence electrons. The third-order valence-electron chi connectivity index (χ3n) is 3.65. The summed E-state index contributed by atoms with van der Waals surface area (Å²) in [6, 6.07) is 8.25. The summed E-state index contributed by atoms with van der Waals surface area (Å²) in [5.74, 6) is 7.98. The van der Waals surface area contributed by atoms with Crippen LogP contribution in [0.1, 0.15) is 36.2 Å². The third kappa shape index (κ3) is 2.47. The highest BCUT2D eigenvalue weighted by Crippen LogP contribution is 2.38. The molecule has 1 aromatic heterocycles. The van der Waals surface area contributed by atoms with Gasteiger partial charge < -0.3 is 9.72 Å². The molecule has 0 amide bonds. The van der Waals surface area contributed by atoms with E-state index in [9.17, 15) is 0 Å². The summed E-state index contributed by atoms with van der Waals surface area (Å²) in [5, 5.41) is 0. The molecule has 0 saturated heterocycles. The van der Waals surface area contributed by atoms with Crippen molar-refractivity contribution in [1.82, 2.24) is 15.4 Å². The van der Waals surface area contributed by atoms with Gasteiger partial charge in [-0.1, -0.05) is 18.2 Å². The van der Waals surface area contributed by atoms with Crippen LogP contribution in [0.25, 0.3) is 0 Å². The maximum atomic E-state index is 5.68. The quantitative estimate of drug-likeness (QED) is 0.578. The molecule has 5 heteroatoms. The largest absolute Gasteiger partial charge is 0.493 e. The first-order valence-corrected chi connectivity index (χ1v) is 6.55. The number of aromatic nitrogens is 2. The Morgan fingerprint density at radius 3 is 3.16 bits per heavy atom. The summed E-state index contributed by atoms with van der Waals surface area (Å²) in [7, 11) is 0. The monoisotopic (exact) mass is 258 g/mol. The number of nitrogens with zero attached hydrogens (tertiary/aromatic N) is 1. The topological polar surface area (TPSA) is 76.0 Å². The number of nitrogens with one attached hydrogen (secondary N) is 2. The third-order valence-corrected chi connectivity index (χ3v) is 3.65. The Morgan fingerprint density at radius 2 is 2.37 bits per heavy atom. The van der Waals surface area contributed by atoms with Gasteiger partial charge in [0, 0.05) is 12.4 Å². The van der Waals surface area contributed by atoms with E-state index in [4.69, 9.17) is 10.6 Å². The van der Waals surface area contributed by atoms with E-state index in [-0.39, 0.29) is 6.04 Å². The van der Waals surface area contributed by atoms with Crippen LogP contribution >= 0.6 is 0 Å². The van der Waals surface area contributed by atoms with Crippen LogP contribution in [0.4, 0.5) is 0 Å². The Kier molecular flexibility index (Phi) is 3.48. The van der Waals surface area contributed by atoms with Crippen molar-refractivity contribution >= 4 is 0 Å². The Balaban J connectivity index is 1.80. The molecule has 0 bridgehead atoms. The van der Waals surface area contributed by atoms with E-state index in [0.717, 1.165) is 31.0 Å². The van der Waals surface area contributed by atoms with E-state index in [1.54, 1.807) is 6.20 Å². The zero-order valence-electron chi connectivity index (χ0n) is 10.7. The van der Waals surface area contributed by atoms with Crippen molar-refractivity contribution in [3.8, 4) is 5.75 Å². The van der Waals surface area contributed by atoms with Gasteiger partial charge in [0.2, 0.25) is 0 Å². The van der Waals surface area contributed by atoms with Gasteiger partial charge in [-0.2, -0.15) is 0 Å². The van der Waals surface area contributed by atoms with Crippen LogP contribution < -0.4 is 16.0 Å². The molecule has 0 fully saturated rings. The average Bonchev–Trinajstić information content (AvgIpc) is 2.99. The summed E-state index contributed by atoms with van der Waals surface area (Å²) in [4.78, 5) is 7.40. The Bertz CT molecular complexity index is 526. The number of fused-ring (bicyclic) bond motifs is 1. The molecular weight excluding hydrogens is 240 g/mol. The van der Waals surface area contributed by atoms with Crippen LogP contribution in [-0.2, 0) is 0 Å². The van der Waals surface area contributed by atoms with Gasteiger partial charge in [-0.15, -0.1) is 0 Å². The lowest BCUT2D eigenvalue weighted by molar-refractivity contribution is 0.254. The lowest BCUT2D eigenvalue weighted by Crippen LogP contribution is -2.31. The van der Waals surface area contributed by atoms with E-state index in [1.807, 2.05) is 18.3 Å². The van der Waals surface area contributed by atoms with Gasteiger partial charge in [-0.25, -0.2) is 10.4 Å². The van der Waals surface area contributed by atoms with Crippen LogP contribution in [0, 0.1) is 0 Å². The standard InChI is InChI=1S/C14H18N4O/c15-18-12(14-16-6-7-17-14)9-10-5-8-19-13-4-2-1-3-11(10)13/h1-4,6-7,10,12,18H,5,8-9,15H2,(H,16,17). The number of hydrazine groups is 1. The predicted molar refractivity (Wildman–Crippen MR) is 72.6 cm³/mol. The second kappa shape index (κ2) is 5.42. The van der Waals surface area contributed by atoms with Crippen molar-refractivity contribution in [3.63, 3.8) is 0 Å². The van der Waals surface area contributed by atoms with E-state index in [0.29, 0.717) is 5.92 Å². The molecule has 3 rings (SSSR count). The maximum absolute atomic E-state index is 5.68. The number of imidazole rings is 1. The molecule has 5 nitrogen and oxygen atoms in total. The number of nitrogens with two attached hydrogens (primary N) is 1. The van der Waals surface area contributed by atoms with Crippen molar-refractivity contribution in [2.75, 3.05) is 6.61 Å². The molecule has 1 aromatic carbocycles. The molecule has 0 saturated carbocycles. The fourth-order valence-electron chi connectivity index (χ4n) is 2.67. The molecule has 0 spiro atoms. The summed E-state index contributed by atoms with van der Waals surface area (Å²) in [6.07, 6.45) is 5.48. The molecule has 2 aromatic rings. The van der Waals surface area contributed by atoms with Crippen molar-refractivity contribution < 1.29 is 4.74 Å². The average molecular weight is 258 g/mol. The minimum absolute atomic E-state index is 0.0335. The minimum Gasteiger partial charge on any atom is -0.493 e. The number of para-hydroxylation sites is 1. The lowest BCUT2D eigenvalue weighted by Gasteiger charge is -2.28. The van der Waals surface area contributed by atoms with Crippen molar-refractivity contribution in [2.45, 2.75) is 24.8 Å². The number of hydrogen-bond donors (Lipinski definition) is 3. The summed E-state index contributed by atoms with van der Waals surface area (Å²) >= 11 is 0. The molecule has 2 unspecified atom stereocenters. The van der Waals surface area contributed by atoms with Gasteiger partial charge in [-0.3, -0.25) is 5.84 Å². The van der Waals surface area contributed by atoms with Gasteiger partial charge in [0.15, 0.2) is 0 Å². The number of ether oxygens (including phenoxy) is 1. The zero-order chi connectivity index (χ0) is 13.1. The van der Waals surface area contributed by atoms with Gasteiger partial charge >= 0.3 is 0 Å². The van der Waals surface area contributed by atoms with Crippen molar-refractivity contribution in [3.05, 3.63) is 48.0 Å². The molecule has 1 aliphatic heterocycles. The SMILES string of the molecule is NNC(CC1CCOc2ccccc21)c1ncc[nH]1. The smallest absolute Gasteiger partial charge is 0.124 e. The molecule has 19 heavy (non-hydrogen) atoms. The van der Waals surface area contributed by atoms with E-state index in [1.165, 1.54) is 5.56 Å². The molecule has 2 heterocycles. The number of aromatic amines is 1. The highest BCUT2D eigenvalue weighted by atomic mass is 16.5. The van der Waals surface area contributed by atoms with Crippen molar-refractivity contribution in [1.29, 1.82) is 0 Å². The first-order chi connectivity index (χ1) is 9.38. The fraction of sp³-hybridized carbons (Fsp3) is 0.357. The lowest BCUT2D eigenvalue weighted by atomic mass is 9.87. The maximum Gasteiger partial charge on any atom is 0.124 e. The number of rotatable bonds is 4. The fourth-order valence-corrected chi connectivity index (χ4v) is 2.67. The van der Waals surface area contributed by atoms with Crippen LogP contribution in [0.15, 0.2) is 36.7 Å².